The van der Waals surface area contributed by atoms with Gasteiger partial charge in [-0.1, -0.05) is 6.92 Å². The van der Waals surface area contributed by atoms with E-state index in [4.69, 9.17) is 13.3 Å². The van der Waals surface area contributed by atoms with Gasteiger partial charge in [-0.3, -0.25) is 0 Å². The van der Waals surface area contributed by atoms with E-state index in [9.17, 15) is 4.79 Å². The van der Waals surface area contributed by atoms with Gasteiger partial charge in [0.1, 0.15) is 0 Å². The SMILES string of the molecule is CO[Si](OC)(OC)C(C)CN=C=O. The van der Waals surface area contributed by atoms with Gasteiger partial charge in [0.25, 0.3) is 0 Å². The van der Waals surface area contributed by atoms with E-state index < -0.39 is 8.80 Å². The molecule has 1 unspecified atom stereocenters. The van der Waals surface area contributed by atoms with Gasteiger partial charge in [-0.2, -0.15) is 0 Å². The van der Waals surface area contributed by atoms with E-state index in [1.54, 1.807) is 0 Å². The van der Waals surface area contributed by atoms with Crippen LogP contribution in [0.5, 0.6) is 0 Å². The summed E-state index contributed by atoms with van der Waals surface area (Å²) < 4.78 is 15.6. The highest BCUT2D eigenvalue weighted by atomic mass is 28.4. The van der Waals surface area contributed by atoms with Gasteiger partial charge >= 0.3 is 8.80 Å². The predicted molar refractivity (Wildman–Crippen MR) is 49.2 cm³/mol. The lowest BCUT2D eigenvalue weighted by molar-refractivity contribution is 0.114. The Balaban J connectivity index is 4.42. The summed E-state index contributed by atoms with van der Waals surface area (Å²) in [5.74, 6) is 0. The molecule has 0 aromatic carbocycles. The Kier molecular flexibility index (Phi) is 5.77. The topological polar surface area (TPSA) is 57.1 Å². The second-order valence-corrected chi connectivity index (χ2v) is 5.97. The number of hydrogen-bond donors (Lipinski definition) is 0. The van der Waals surface area contributed by atoms with Crippen LogP contribution in [-0.4, -0.2) is 42.8 Å². The zero-order valence-corrected chi connectivity index (χ0v) is 9.36. The van der Waals surface area contributed by atoms with Gasteiger partial charge in [0.2, 0.25) is 6.08 Å². The zero-order chi connectivity index (χ0) is 10.3. The molecular formula is C7H15NO4Si. The van der Waals surface area contributed by atoms with Gasteiger partial charge in [0.05, 0.1) is 6.54 Å². The van der Waals surface area contributed by atoms with Gasteiger partial charge in [0.15, 0.2) is 0 Å². The van der Waals surface area contributed by atoms with Gasteiger partial charge in [-0.05, 0) is 0 Å². The molecule has 0 aliphatic carbocycles. The van der Waals surface area contributed by atoms with Crippen molar-refractivity contribution in [3.8, 4) is 0 Å². The van der Waals surface area contributed by atoms with Gasteiger partial charge in [0, 0.05) is 26.9 Å². The fourth-order valence-electron chi connectivity index (χ4n) is 1.14. The molecule has 0 aromatic heterocycles. The summed E-state index contributed by atoms with van der Waals surface area (Å²) in [5, 5.41) is 0. The van der Waals surface area contributed by atoms with Crippen LogP contribution in [0.15, 0.2) is 4.99 Å². The first kappa shape index (κ1) is 12.5. The first-order valence-corrected chi connectivity index (χ1v) is 5.66. The fourth-order valence-corrected chi connectivity index (χ4v) is 3.16. The number of aliphatic imine (C=N–C) groups is 1. The van der Waals surface area contributed by atoms with Crippen LogP contribution in [0.1, 0.15) is 6.92 Å². The molecule has 0 saturated carbocycles. The number of carbonyl (C=O) groups excluding carboxylic acids is 1. The molecule has 0 rings (SSSR count). The Hall–Kier alpha value is -0.523. The van der Waals surface area contributed by atoms with Gasteiger partial charge in [-0.25, -0.2) is 9.79 Å². The van der Waals surface area contributed by atoms with Crippen molar-refractivity contribution in [2.24, 2.45) is 4.99 Å². The van der Waals surface area contributed by atoms with Crippen molar-refractivity contribution in [1.29, 1.82) is 0 Å². The van der Waals surface area contributed by atoms with E-state index in [1.807, 2.05) is 6.92 Å². The summed E-state index contributed by atoms with van der Waals surface area (Å²) in [5.41, 5.74) is -0.0473. The molecule has 5 nitrogen and oxygen atoms in total. The van der Waals surface area contributed by atoms with Crippen molar-refractivity contribution >= 4 is 14.9 Å². The standard InChI is InChI=1S/C7H15NO4Si/c1-7(5-8-6-9)13(10-2,11-3)12-4/h7H,5H2,1-4H3. The summed E-state index contributed by atoms with van der Waals surface area (Å²) in [6.07, 6.45) is 1.47. The Morgan fingerprint density at radius 1 is 1.31 bits per heavy atom. The lowest BCUT2D eigenvalue weighted by Crippen LogP contribution is -2.47. The molecule has 0 N–H and O–H groups in total. The van der Waals surface area contributed by atoms with Crippen molar-refractivity contribution in [3.63, 3.8) is 0 Å². The number of rotatable bonds is 6. The predicted octanol–water partition coefficient (Wildman–Crippen LogP) is 0.590. The average Bonchev–Trinajstić information content (AvgIpc) is 2.18. The molecule has 13 heavy (non-hydrogen) atoms. The highest BCUT2D eigenvalue weighted by Gasteiger charge is 2.44. The number of nitrogens with zero attached hydrogens (tertiary/aromatic N) is 1. The second-order valence-electron chi connectivity index (χ2n) is 2.55. The maximum atomic E-state index is 9.90. The van der Waals surface area contributed by atoms with E-state index in [0.717, 1.165) is 0 Å². The fraction of sp³-hybridized carbons (Fsp3) is 0.857. The lowest BCUT2D eigenvalue weighted by Gasteiger charge is -2.28. The summed E-state index contributed by atoms with van der Waals surface area (Å²) in [6, 6.07) is 0. The third-order valence-corrected chi connectivity index (χ3v) is 4.98. The summed E-state index contributed by atoms with van der Waals surface area (Å²) in [7, 11) is 1.95. The smallest absolute Gasteiger partial charge is 0.377 e. The molecule has 0 aliphatic heterocycles. The molecule has 0 fully saturated rings. The molecule has 0 amide bonds. The minimum atomic E-state index is -2.63. The van der Waals surface area contributed by atoms with Crippen molar-refractivity contribution in [2.45, 2.75) is 12.5 Å². The molecule has 6 heteroatoms. The molecule has 0 heterocycles. The normalized spacial score (nSPS) is 13.5. The van der Waals surface area contributed by atoms with Crippen molar-refractivity contribution in [3.05, 3.63) is 0 Å². The number of isocyanates is 1. The molecule has 0 radical (unpaired) electrons. The molecule has 0 aliphatic rings. The van der Waals surface area contributed by atoms with E-state index in [2.05, 4.69) is 4.99 Å². The van der Waals surface area contributed by atoms with Crippen LogP contribution in [0, 0.1) is 0 Å². The van der Waals surface area contributed by atoms with Gasteiger partial charge < -0.3 is 13.3 Å². The van der Waals surface area contributed by atoms with Crippen molar-refractivity contribution in [2.75, 3.05) is 27.9 Å². The third kappa shape index (κ3) is 3.02. The minimum absolute atomic E-state index is 0.0473. The van der Waals surface area contributed by atoms with Crippen LogP contribution in [0.4, 0.5) is 0 Å². The molecular weight excluding hydrogens is 190 g/mol. The second kappa shape index (κ2) is 6.01. The summed E-state index contributed by atoms with van der Waals surface area (Å²) in [4.78, 5) is 13.4. The maximum Gasteiger partial charge on any atom is 0.505 e. The highest BCUT2D eigenvalue weighted by molar-refractivity contribution is 6.62. The third-order valence-electron chi connectivity index (χ3n) is 1.89. The molecule has 0 saturated heterocycles. The van der Waals surface area contributed by atoms with Crippen LogP contribution in [0.3, 0.4) is 0 Å². The van der Waals surface area contributed by atoms with Crippen molar-refractivity contribution < 1.29 is 18.1 Å². The van der Waals surface area contributed by atoms with E-state index in [1.165, 1.54) is 27.4 Å². The van der Waals surface area contributed by atoms with Crippen LogP contribution in [0.2, 0.25) is 5.54 Å². The van der Waals surface area contributed by atoms with E-state index >= 15 is 0 Å². The Morgan fingerprint density at radius 3 is 2.08 bits per heavy atom. The van der Waals surface area contributed by atoms with Gasteiger partial charge in [-0.15, -0.1) is 0 Å². The summed E-state index contributed by atoms with van der Waals surface area (Å²) in [6.45, 7) is 2.18. The van der Waals surface area contributed by atoms with E-state index in [-0.39, 0.29) is 5.54 Å². The Morgan fingerprint density at radius 2 is 1.77 bits per heavy atom. The molecule has 76 valence electrons. The molecule has 0 bridgehead atoms. The monoisotopic (exact) mass is 205 g/mol. The first-order chi connectivity index (χ1) is 6.16. The largest absolute Gasteiger partial charge is 0.505 e. The maximum absolute atomic E-state index is 9.90. The minimum Gasteiger partial charge on any atom is -0.377 e. The average molecular weight is 205 g/mol. The first-order valence-electron chi connectivity index (χ1n) is 3.86. The molecule has 0 aromatic rings. The Labute approximate surface area is 79.1 Å². The number of hydrogen-bond acceptors (Lipinski definition) is 5. The van der Waals surface area contributed by atoms with Crippen LogP contribution in [-0.2, 0) is 18.1 Å². The molecule has 1 atom stereocenters. The Bertz CT molecular complexity index is 181. The van der Waals surface area contributed by atoms with Crippen LogP contribution in [0.25, 0.3) is 0 Å². The quantitative estimate of drug-likeness (QED) is 0.362. The molecule has 0 spiro atoms. The van der Waals surface area contributed by atoms with E-state index in [0.29, 0.717) is 6.54 Å². The van der Waals surface area contributed by atoms with Crippen LogP contribution >= 0.6 is 0 Å². The lowest BCUT2D eigenvalue weighted by atomic mass is 10.5. The van der Waals surface area contributed by atoms with Crippen LogP contribution < -0.4 is 0 Å². The van der Waals surface area contributed by atoms with Crippen molar-refractivity contribution in [1.82, 2.24) is 0 Å². The zero-order valence-electron chi connectivity index (χ0n) is 8.36. The summed E-state index contributed by atoms with van der Waals surface area (Å²) >= 11 is 0. The highest BCUT2D eigenvalue weighted by Crippen LogP contribution is 2.23.